The molecule has 0 saturated carbocycles. The molecule has 17 heavy (non-hydrogen) atoms. The van der Waals surface area contributed by atoms with Crippen molar-refractivity contribution in [1.29, 1.82) is 0 Å². The molecule has 0 unspecified atom stereocenters. The van der Waals surface area contributed by atoms with Gasteiger partial charge < -0.3 is 0 Å². The molecular formula is C8H3ClF5NO2. The summed E-state index contributed by atoms with van der Waals surface area (Å²) < 4.78 is 62.0. The van der Waals surface area contributed by atoms with Crippen LogP contribution in [-0.4, -0.2) is 4.92 Å². The van der Waals surface area contributed by atoms with Crippen LogP contribution in [0.2, 0.25) is 5.02 Å². The number of rotatable bonds is 2. The SMILES string of the molecule is O=[N+]([O-])c1cc(Cl)c(C(F)(F)F)c(C(F)F)c1. The van der Waals surface area contributed by atoms with Gasteiger partial charge in [-0.15, -0.1) is 0 Å². The summed E-state index contributed by atoms with van der Waals surface area (Å²) in [6.07, 6.45) is -8.61. The third-order valence-electron chi connectivity index (χ3n) is 1.83. The van der Waals surface area contributed by atoms with Gasteiger partial charge in [-0.1, -0.05) is 11.6 Å². The van der Waals surface area contributed by atoms with E-state index in [1.54, 1.807) is 0 Å². The van der Waals surface area contributed by atoms with Crippen LogP contribution in [0.25, 0.3) is 0 Å². The molecule has 0 radical (unpaired) electrons. The summed E-state index contributed by atoms with van der Waals surface area (Å²) in [5.41, 5.74) is -4.17. The zero-order valence-corrected chi connectivity index (χ0v) is 8.52. The molecule has 0 aliphatic rings. The van der Waals surface area contributed by atoms with Gasteiger partial charge in [0.1, 0.15) is 0 Å². The van der Waals surface area contributed by atoms with Gasteiger partial charge in [-0.25, -0.2) is 8.78 Å². The molecule has 0 N–H and O–H groups in total. The van der Waals surface area contributed by atoms with Crippen LogP contribution >= 0.6 is 11.6 Å². The van der Waals surface area contributed by atoms with Crippen LogP contribution < -0.4 is 0 Å². The minimum Gasteiger partial charge on any atom is -0.258 e. The number of non-ortho nitro benzene ring substituents is 1. The summed E-state index contributed by atoms with van der Waals surface area (Å²) in [4.78, 5) is 9.21. The molecule has 0 bridgehead atoms. The standard InChI is InChI=1S/C8H3ClF5NO2/c9-5-2-3(15(16)17)1-4(7(10)11)6(5)8(12,13)14/h1-2,7H. The highest BCUT2D eigenvalue weighted by atomic mass is 35.5. The van der Waals surface area contributed by atoms with Gasteiger partial charge in [0.2, 0.25) is 0 Å². The molecule has 1 rings (SSSR count). The van der Waals surface area contributed by atoms with Crippen molar-refractivity contribution >= 4 is 17.3 Å². The van der Waals surface area contributed by atoms with E-state index in [-0.39, 0.29) is 6.07 Å². The Morgan fingerprint density at radius 2 is 1.82 bits per heavy atom. The van der Waals surface area contributed by atoms with Crippen molar-refractivity contribution in [3.63, 3.8) is 0 Å². The minimum atomic E-state index is -5.10. The Morgan fingerprint density at radius 1 is 1.29 bits per heavy atom. The van der Waals surface area contributed by atoms with Crippen molar-refractivity contribution < 1.29 is 26.9 Å². The first kappa shape index (κ1) is 13.6. The number of halogens is 6. The summed E-state index contributed by atoms with van der Waals surface area (Å²) >= 11 is 5.15. The van der Waals surface area contributed by atoms with Crippen LogP contribution in [0, 0.1) is 10.1 Å². The summed E-state index contributed by atoms with van der Waals surface area (Å²) in [7, 11) is 0. The van der Waals surface area contributed by atoms with Crippen molar-refractivity contribution in [2.75, 3.05) is 0 Å². The fourth-order valence-electron chi connectivity index (χ4n) is 1.19. The number of nitrogens with zero attached hydrogens (tertiary/aromatic N) is 1. The predicted octanol–water partition coefficient (Wildman–Crippen LogP) is 4.20. The molecule has 0 fully saturated rings. The third kappa shape index (κ3) is 2.82. The van der Waals surface area contributed by atoms with E-state index in [1.807, 2.05) is 0 Å². The van der Waals surface area contributed by atoms with Crippen LogP contribution in [0.3, 0.4) is 0 Å². The highest BCUT2D eigenvalue weighted by Gasteiger charge is 2.39. The summed E-state index contributed by atoms with van der Waals surface area (Å²) in [6.45, 7) is 0. The van der Waals surface area contributed by atoms with Crippen LogP contribution in [-0.2, 0) is 6.18 Å². The first-order valence-corrected chi connectivity index (χ1v) is 4.35. The van der Waals surface area contributed by atoms with Gasteiger partial charge >= 0.3 is 6.18 Å². The molecule has 0 aliphatic carbocycles. The second-order valence-electron chi connectivity index (χ2n) is 2.95. The minimum absolute atomic E-state index is 0.166. The van der Waals surface area contributed by atoms with Crippen molar-refractivity contribution in [2.45, 2.75) is 12.6 Å². The summed E-state index contributed by atoms with van der Waals surface area (Å²) in [5, 5.41) is 9.19. The van der Waals surface area contributed by atoms with E-state index in [2.05, 4.69) is 0 Å². The fraction of sp³-hybridized carbons (Fsp3) is 0.250. The van der Waals surface area contributed by atoms with Gasteiger partial charge in [0.15, 0.2) is 0 Å². The van der Waals surface area contributed by atoms with Crippen molar-refractivity contribution in [2.24, 2.45) is 0 Å². The zero-order chi connectivity index (χ0) is 13.4. The molecule has 94 valence electrons. The number of nitro groups is 1. The average molecular weight is 276 g/mol. The van der Waals surface area contributed by atoms with Gasteiger partial charge in [-0.2, -0.15) is 13.2 Å². The maximum Gasteiger partial charge on any atom is 0.418 e. The quantitative estimate of drug-likeness (QED) is 0.461. The second kappa shape index (κ2) is 4.44. The number of hydrogen-bond acceptors (Lipinski definition) is 2. The Balaban J connectivity index is 3.55. The molecule has 0 amide bonds. The first-order valence-electron chi connectivity index (χ1n) is 3.97. The Bertz CT molecular complexity index is 460. The molecule has 1 aromatic carbocycles. The molecule has 0 saturated heterocycles. The maximum atomic E-state index is 12.4. The van der Waals surface area contributed by atoms with E-state index in [0.717, 1.165) is 0 Å². The highest BCUT2D eigenvalue weighted by molar-refractivity contribution is 6.31. The Morgan fingerprint density at radius 3 is 2.18 bits per heavy atom. The Kier molecular flexibility index (Phi) is 3.56. The first-order chi connectivity index (χ1) is 7.64. The Labute approximate surface area is 95.9 Å². The Hall–Kier alpha value is -1.44. The second-order valence-corrected chi connectivity index (χ2v) is 3.35. The monoisotopic (exact) mass is 275 g/mol. The lowest BCUT2D eigenvalue weighted by molar-refractivity contribution is -0.385. The topological polar surface area (TPSA) is 43.1 Å². The predicted molar refractivity (Wildman–Crippen MR) is 48.1 cm³/mol. The highest BCUT2D eigenvalue weighted by Crippen LogP contribution is 2.42. The van der Waals surface area contributed by atoms with Crippen LogP contribution in [0.15, 0.2) is 12.1 Å². The largest absolute Gasteiger partial charge is 0.418 e. The molecule has 3 nitrogen and oxygen atoms in total. The van der Waals surface area contributed by atoms with E-state index in [9.17, 15) is 32.1 Å². The molecule has 0 atom stereocenters. The van der Waals surface area contributed by atoms with E-state index in [1.165, 1.54) is 0 Å². The lowest BCUT2D eigenvalue weighted by Gasteiger charge is -2.13. The van der Waals surface area contributed by atoms with Gasteiger partial charge in [-0.3, -0.25) is 10.1 Å². The van der Waals surface area contributed by atoms with Crippen LogP contribution in [0.1, 0.15) is 17.6 Å². The van der Waals surface area contributed by atoms with Gasteiger partial charge in [0, 0.05) is 17.7 Å². The maximum absolute atomic E-state index is 12.4. The van der Waals surface area contributed by atoms with Gasteiger partial charge in [-0.05, 0) is 0 Å². The zero-order valence-electron chi connectivity index (χ0n) is 7.76. The average Bonchev–Trinajstić information content (AvgIpc) is 2.13. The van der Waals surface area contributed by atoms with E-state index in [0.29, 0.717) is 6.07 Å². The third-order valence-corrected chi connectivity index (χ3v) is 2.13. The molecule has 0 aromatic heterocycles. The number of hydrogen-bond donors (Lipinski definition) is 0. The molecular weight excluding hydrogens is 273 g/mol. The fourth-order valence-corrected chi connectivity index (χ4v) is 1.52. The normalized spacial score (nSPS) is 11.9. The number of alkyl halides is 5. The lowest BCUT2D eigenvalue weighted by atomic mass is 10.1. The smallest absolute Gasteiger partial charge is 0.258 e. The van der Waals surface area contributed by atoms with Crippen LogP contribution in [0.5, 0.6) is 0 Å². The van der Waals surface area contributed by atoms with Crippen molar-refractivity contribution in [3.8, 4) is 0 Å². The molecule has 9 heteroatoms. The molecule has 0 heterocycles. The van der Waals surface area contributed by atoms with E-state index in [4.69, 9.17) is 11.6 Å². The summed E-state index contributed by atoms with van der Waals surface area (Å²) in [5.74, 6) is 0. The number of benzene rings is 1. The van der Waals surface area contributed by atoms with Crippen molar-refractivity contribution in [1.82, 2.24) is 0 Å². The van der Waals surface area contributed by atoms with Crippen molar-refractivity contribution in [3.05, 3.63) is 38.4 Å². The van der Waals surface area contributed by atoms with Gasteiger partial charge in [0.25, 0.3) is 12.1 Å². The molecule has 0 aliphatic heterocycles. The van der Waals surface area contributed by atoms with E-state index < -0.39 is 39.4 Å². The summed E-state index contributed by atoms with van der Waals surface area (Å²) in [6, 6.07) is 0.551. The molecule has 1 aromatic rings. The van der Waals surface area contributed by atoms with Gasteiger partial charge in [0.05, 0.1) is 15.5 Å². The van der Waals surface area contributed by atoms with Crippen LogP contribution in [0.4, 0.5) is 27.6 Å². The molecule has 0 spiro atoms. The van der Waals surface area contributed by atoms with E-state index >= 15 is 0 Å². The number of nitro benzene ring substituents is 1. The lowest BCUT2D eigenvalue weighted by Crippen LogP contribution is -2.11.